The highest BCUT2D eigenvalue weighted by molar-refractivity contribution is 7.58. The van der Waals surface area contributed by atoms with Crippen molar-refractivity contribution in [1.29, 1.82) is 0 Å². The molecule has 1 aromatic carbocycles. The molecule has 0 spiro atoms. The van der Waals surface area contributed by atoms with Gasteiger partial charge in [-0.15, -0.1) is 5.10 Å². The van der Waals surface area contributed by atoms with Crippen LogP contribution in [0.1, 0.15) is 89.3 Å². The molecule has 0 saturated carbocycles. The molecule has 0 aliphatic carbocycles. The molecule has 0 saturated heterocycles. The first-order valence-electron chi connectivity index (χ1n) is 21.0. The van der Waals surface area contributed by atoms with Gasteiger partial charge in [-0.1, -0.05) is 82.1 Å². The van der Waals surface area contributed by atoms with E-state index < -0.39 is 7.37 Å². The second-order valence-corrected chi connectivity index (χ2v) is 16.3. The normalized spacial score (nSPS) is 12.7. The lowest BCUT2D eigenvalue weighted by Gasteiger charge is -2.12. The van der Waals surface area contributed by atoms with E-state index in [4.69, 9.17) is 47.2 Å². The molecular weight excluding hydrogens is 741 g/mol. The third-order valence-corrected chi connectivity index (χ3v) is 10.3. The zero-order chi connectivity index (χ0) is 40.0. The summed E-state index contributed by atoms with van der Waals surface area (Å²) in [7, 11) is -2.53. The lowest BCUT2D eigenvalue weighted by atomic mass is 10.1. The molecule has 0 bridgehead atoms. The van der Waals surface area contributed by atoms with E-state index in [-0.39, 0.29) is 0 Å². The Hall–Kier alpha value is -1.97. The van der Waals surface area contributed by atoms with E-state index in [1.165, 1.54) is 57.8 Å². The number of aromatic nitrogens is 3. The Morgan fingerprint density at radius 2 is 1.00 bits per heavy atom. The molecule has 0 amide bonds. The van der Waals surface area contributed by atoms with Gasteiger partial charge in [0.25, 0.3) is 0 Å². The van der Waals surface area contributed by atoms with Crippen LogP contribution in [-0.4, -0.2) is 140 Å². The highest BCUT2D eigenvalue weighted by Gasteiger charge is 2.14. The number of benzene rings is 1. The molecular formula is C41H74N3O11P. The van der Waals surface area contributed by atoms with Gasteiger partial charge in [0.05, 0.1) is 132 Å². The van der Waals surface area contributed by atoms with Crippen LogP contribution in [0.25, 0.3) is 0 Å². The van der Waals surface area contributed by atoms with Gasteiger partial charge < -0.3 is 47.2 Å². The summed E-state index contributed by atoms with van der Waals surface area (Å²) in [6, 6.07) is 8.22. The van der Waals surface area contributed by atoms with Crippen molar-refractivity contribution >= 4 is 7.37 Å². The summed E-state index contributed by atoms with van der Waals surface area (Å²) in [5.74, 6) is 0.914. The van der Waals surface area contributed by atoms with Crippen LogP contribution < -0.4 is 4.74 Å². The van der Waals surface area contributed by atoms with Crippen molar-refractivity contribution in [2.45, 2.75) is 91.2 Å². The van der Waals surface area contributed by atoms with E-state index in [0.29, 0.717) is 125 Å². The molecule has 0 aliphatic rings. The lowest BCUT2D eigenvalue weighted by molar-refractivity contribution is -0.0234. The van der Waals surface area contributed by atoms with E-state index in [1.54, 1.807) is 6.66 Å². The van der Waals surface area contributed by atoms with Crippen molar-refractivity contribution in [3.8, 4) is 5.75 Å². The highest BCUT2D eigenvalue weighted by atomic mass is 31.2. The standard InChI is InChI=1S/C41H74N3O11P/c1-4-6-7-8-9-10-11-12-13-14-19-54-41-17-15-39(16-18-41)36-44-37-40(42-43-44)38-53-33-32-51-29-28-49-25-24-47-21-20-46-22-23-48-26-27-50-30-31-52-34-35-56(3,45)55-5-2/h15-18,37H,4-14,19-36,38H2,1-3H3. The summed E-state index contributed by atoms with van der Waals surface area (Å²) < 4.78 is 69.1. The van der Waals surface area contributed by atoms with Crippen LogP contribution in [0.2, 0.25) is 0 Å². The molecule has 2 rings (SSSR count). The molecule has 0 aliphatic heterocycles. The molecule has 324 valence electrons. The minimum atomic E-state index is -2.53. The monoisotopic (exact) mass is 816 g/mol. The third-order valence-electron chi connectivity index (χ3n) is 8.52. The zero-order valence-electron chi connectivity index (χ0n) is 34.9. The predicted molar refractivity (Wildman–Crippen MR) is 218 cm³/mol. The van der Waals surface area contributed by atoms with Crippen LogP contribution in [0.15, 0.2) is 30.5 Å². The number of unbranched alkanes of at least 4 members (excludes halogenated alkanes) is 9. The first kappa shape index (κ1) is 50.2. The molecule has 0 radical (unpaired) electrons. The summed E-state index contributed by atoms with van der Waals surface area (Å²) in [6.45, 7) is 15.1. The van der Waals surface area contributed by atoms with Gasteiger partial charge in [0.15, 0.2) is 0 Å². The maximum Gasteiger partial charge on any atom is 0.202 e. The number of rotatable bonds is 42. The van der Waals surface area contributed by atoms with Gasteiger partial charge in [-0.3, -0.25) is 4.57 Å². The van der Waals surface area contributed by atoms with Gasteiger partial charge in [0.1, 0.15) is 11.4 Å². The topological polar surface area (TPSA) is 140 Å². The summed E-state index contributed by atoms with van der Waals surface area (Å²) in [5, 5.41) is 8.46. The Balaban J connectivity index is 1.29. The van der Waals surface area contributed by atoms with Crippen LogP contribution in [0, 0.1) is 0 Å². The van der Waals surface area contributed by atoms with Crippen molar-refractivity contribution in [3.05, 3.63) is 41.7 Å². The Bertz CT molecular complexity index is 1190. The van der Waals surface area contributed by atoms with E-state index in [1.807, 2.05) is 29.9 Å². The maximum absolute atomic E-state index is 12.0. The van der Waals surface area contributed by atoms with E-state index in [2.05, 4.69) is 29.4 Å². The number of hydrogen-bond donors (Lipinski definition) is 0. The van der Waals surface area contributed by atoms with Crippen molar-refractivity contribution in [2.75, 3.05) is 125 Å². The van der Waals surface area contributed by atoms with E-state index in [9.17, 15) is 4.57 Å². The molecule has 1 heterocycles. The summed E-state index contributed by atoms with van der Waals surface area (Å²) in [4.78, 5) is 0. The average molecular weight is 816 g/mol. The Labute approximate surface area is 337 Å². The fourth-order valence-electron chi connectivity index (χ4n) is 5.42. The zero-order valence-corrected chi connectivity index (χ0v) is 35.8. The Kier molecular flexibility index (Phi) is 32.4. The molecule has 0 N–H and O–H groups in total. The fourth-order valence-corrected chi connectivity index (χ4v) is 6.56. The van der Waals surface area contributed by atoms with Crippen LogP contribution in [0.5, 0.6) is 5.75 Å². The Morgan fingerprint density at radius 3 is 1.48 bits per heavy atom. The van der Waals surface area contributed by atoms with E-state index >= 15 is 0 Å². The second kappa shape index (κ2) is 36.1. The van der Waals surface area contributed by atoms with Gasteiger partial charge in [-0.05, 0) is 31.0 Å². The predicted octanol–water partition coefficient (Wildman–Crippen LogP) is 7.20. The van der Waals surface area contributed by atoms with E-state index in [0.717, 1.165) is 30.0 Å². The second-order valence-electron chi connectivity index (χ2n) is 13.6. The Morgan fingerprint density at radius 1 is 0.554 bits per heavy atom. The van der Waals surface area contributed by atoms with Gasteiger partial charge in [-0.2, -0.15) is 0 Å². The summed E-state index contributed by atoms with van der Waals surface area (Å²) in [5.41, 5.74) is 1.92. The largest absolute Gasteiger partial charge is 0.494 e. The first-order valence-corrected chi connectivity index (χ1v) is 23.2. The van der Waals surface area contributed by atoms with Crippen LogP contribution in [-0.2, 0) is 60.1 Å². The molecule has 0 fully saturated rings. The van der Waals surface area contributed by atoms with Crippen molar-refractivity contribution < 1.29 is 51.7 Å². The number of ether oxygens (including phenoxy) is 9. The molecule has 56 heavy (non-hydrogen) atoms. The molecule has 1 unspecified atom stereocenters. The molecule has 15 heteroatoms. The van der Waals surface area contributed by atoms with Crippen LogP contribution >= 0.6 is 7.37 Å². The van der Waals surface area contributed by atoms with Crippen molar-refractivity contribution in [2.24, 2.45) is 0 Å². The molecule has 1 atom stereocenters. The third kappa shape index (κ3) is 30.2. The lowest BCUT2D eigenvalue weighted by Crippen LogP contribution is -2.15. The minimum absolute atomic E-state index is 0.383. The minimum Gasteiger partial charge on any atom is -0.494 e. The van der Waals surface area contributed by atoms with Crippen LogP contribution in [0.3, 0.4) is 0 Å². The molecule has 14 nitrogen and oxygen atoms in total. The molecule has 2 aromatic rings. The van der Waals surface area contributed by atoms with Gasteiger partial charge in [0.2, 0.25) is 7.37 Å². The average Bonchev–Trinajstić information content (AvgIpc) is 3.64. The fraction of sp³-hybridized carbons (Fsp3) is 0.805. The SMILES string of the molecule is CCCCCCCCCCCCOc1ccc(Cn2cc(COCCOCCOCCOCCOCCOCCOCCOCCP(C)(=O)OCC)nn2)cc1. The first-order chi connectivity index (χ1) is 27.5. The van der Waals surface area contributed by atoms with Gasteiger partial charge >= 0.3 is 0 Å². The maximum atomic E-state index is 12.0. The smallest absolute Gasteiger partial charge is 0.202 e. The number of hydrogen-bond acceptors (Lipinski definition) is 13. The summed E-state index contributed by atoms with van der Waals surface area (Å²) >= 11 is 0. The molecule has 1 aromatic heterocycles. The van der Waals surface area contributed by atoms with Gasteiger partial charge in [-0.25, -0.2) is 4.68 Å². The highest BCUT2D eigenvalue weighted by Crippen LogP contribution is 2.41. The number of nitrogens with zero attached hydrogens (tertiary/aromatic N) is 3. The van der Waals surface area contributed by atoms with Crippen molar-refractivity contribution in [3.63, 3.8) is 0 Å². The van der Waals surface area contributed by atoms with Crippen molar-refractivity contribution in [1.82, 2.24) is 15.0 Å². The summed E-state index contributed by atoms with van der Waals surface area (Å²) in [6.07, 6.45) is 15.6. The quantitative estimate of drug-likeness (QED) is 0.0493. The van der Waals surface area contributed by atoms with Gasteiger partial charge in [0, 0.05) is 12.8 Å². The van der Waals surface area contributed by atoms with Crippen LogP contribution in [0.4, 0.5) is 0 Å².